The lowest BCUT2D eigenvalue weighted by Gasteiger charge is -2.08. The number of hydrogen-bond acceptors (Lipinski definition) is 6. The number of hydrogen-bond donors (Lipinski definition) is 2. The first-order chi connectivity index (χ1) is 12.6. The van der Waals surface area contributed by atoms with Crippen molar-refractivity contribution in [2.75, 3.05) is 6.61 Å². The van der Waals surface area contributed by atoms with E-state index in [9.17, 15) is 14.3 Å². The smallest absolute Gasteiger partial charge is 0.212 e. The van der Waals surface area contributed by atoms with Crippen LogP contribution in [0.5, 0.6) is 11.5 Å². The predicted molar refractivity (Wildman–Crippen MR) is 91.4 cm³/mol. The Balaban J connectivity index is 1.78. The summed E-state index contributed by atoms with van der Waals surface area (Å²) in [5.74, 6) is 0.330. The molecule has 2 N–H and O–H groups in total. The second-order valence-electron chi connectivity index (χ2n) is 5.41. The SMILES string of the molecule is O=C(c1ccnc(-c2ccc(Oc3ccc(F)cc3)cc2)n1)[C@@H](O)CO. The molecule has 0 amide bonds. The Kier molecular flexibility index (Phi) is 5.31. The summed E-state index contributed by atoms with van der Waals surface area (Å²) in [6, 6.07) is 13.8. The van der Waals surface area contributed by atoms with Crippen LogP contribution in [0.2, 0.25) is 0 Å². The normalized spacial score (nSPS) is 11.8. The lowest BCUT2D eigenvalue weighted by molar-refractivity contribution is 0.0582. The van der Waals surface area contributed by atoms with E-state index in [1.807, 2.05) is 0 Å². The summed E-state index contributed by atoms with van der Waals surface area (Å²) in [6.45, 7) is -0.673. The molecule has 2 aromatic carbocycles. The fraction of sp³-hybridized carbons (Fsp3) is 0.105. The highest BCUT2D eigenvalue weighted by Gasteiger charge is 2.18. The molecular weight excluding hydrogens is 339 g/mol. The molecule has 0 unspecified atom stereocenters. The fourth-order valence-corrected chi connectivity index (χ4v) is 2.20. The Bertz CT molecular complexity index is 898. The Hall–Kier alpha value is -3.16. The van der Waals surface area contributed by atoms with Gasteiger partial charge in [-0.05, 0) is 54.6 Å². The van der Waals surface area contributed by atoms with E-state index >= 15 is 0 Å². The number of carbonyl (C=O) groups is 1. The van der Waals surface area contributed by atoms with Crippen LogP contribution < -0.4 is 4.74 Å². The van der Waals surface area contributed by atoms with Gasteiger partial charge in [0.1, 0.15) is 29.1 Å². The minimum absolute atomic E-state index is 0.0168. The largest absolute Gasteiger partial charge is 0.457 e. The molecule has 3 aromatic rings. The van der Waals surface area contributed by atoms with Gasteiger partial charge in [0, 0.05) is 11.8 Å². The summed E-state index contributed by atoms with van der Waals surface area (Å²) in [7, 11) is 0. The first-order valence-electron chi connectivity index (χ1n) is 7.77. The van der Waals surface area contributed by atoms with E-state index in [4.69, 9.17) is 9.84 Å². The van der Waals surface area contributed by atoms with Gasteiger partial charge in [-0.2, -0.15) is 0 Å². The van der Waals surface area contributed by atoms with Crippen LogP contribution in [0.4, 0.5) is 4.39 Å². The molecule has 0 aliphatic heterocycles. The third kappa shape index (κ3) is 4.08. The summed E-state index contributed by atoms with van der Waals surface area (Å²) in [5, 5.41) is 18.3. The van der Waals surface area contributed by atoms with E-state index in [1.165, 1.54) is 36.5 Å². The van der Waals surface area contributed by atoms with Crippen molar-refractivity contribution >= 4 is 5.78 Å². The number of halogens is 1. The molecular formula is C19H15FN2O4. The average molecular weight is 354 g/mol. The number of aliphatic hydroxyl groups is 2. The number of rotatable bonds is 6. The number of aliphatic hydroxyl groups excluding tert-OH is 2. The van der Waals surface area contributed by atoms with Gasteiger partial charge in [0.2, 0.25) is 5.78 Å². The zero-order valence-corrected chi connectivity index (χ0v) is 13.5. The van der Waals surface area contributed by atoms with E-state index in [0.29, 0.717) is 22.9 Å². The van der Waals surface area contributed by atoms with Gasteiger partial charge >= 0.3 is 0 Å². The minimum Gasteiger partial charge on any atom is -0.457 e. The third-order valence-electron chi connectivity index (χ3n) is 3.55. The van der Waals surface area contributed by atoms with Gasteiger partial charge in [0.15, 0.2) is 5.82 Å². The highest BCUT2D eigenvalue weighted by molar-refractivity contribution is 5.97. The van der Waals surface area contributed by atoms with Crippen molar-refractivity contribution in [3.05, 3.63) is 72.3 Å². The second kappa shape index (κ2) is 7.81. The second-order valence-corrected chi connectivity index (χ2v) is 5.41. The molecule has 0 bridgehead atoms. The van der Waals surface area contributed by atoms with Crippen molar-refractivity contribution in [2.24, 2.45) is 0 Å². The Morgan fingerprint density at radius 2 is 1.65 bits per heavy atom. The van der Waals surface area contributed by atoms with Gasteiger partial charge in [-0.3, -0.25) is 4.79 Å². The molecule has 1 aromatic heterocycles. The van der Waals surface area contributed by atoms with Gasteiger partial charge in [-0.1, -0.05) is 0 Å². The van der Waals surface area contributed by atoms with Crippen LogP contribution in [0.15, 0.2) is 60.8 Å². The van der Waals surface area contributed by atoms with Crippen LogP contribution in [0.25, 0.3) is 11.4 Å². The topological polar surface area (TPSA) is 92.5 Å². The van der Waals surface area contributed by atoms with Gasteiger partial charge in [-0.25, -0.2) is 14.4 Å². The van der Waals surface area contributed by atoms with Gasteiger partial charge < -0.3 is 14.9 Å². The van der Waals surface area contributed by atoms with Crippen LogP contribution in [0.3, 0.4) is 0 Å². The van der Waals surface area contributed by atoms with E-state index in [1.54, 1.807) is 24.3 Å². The van der Waals surface area contributed by atoms with E-state index < -0.39 is 18.5 Å². The summed E-state index contributed by atoms with van der Waals surface area (Å²) >= 11 is 0. The Labute approximate surface area is 148 Å². The maximum Gasteiger partial charge on any atom is 0.212 e. The minimum atomic E-state index is -1.51. The number of ketones is 1. The molecule has 0 aliphatic rings. The molecule has 0 saturated heterocycles. The lowest BCUT2D eigenvalue weighted by atomic mass is 10.1. The molecule has 0 fully saturated rings. The predicted octanol–water partition coefficient (Wildman–Crippen LogP) is 2.61. The maximum absolute atomic E-state index is 12.9. The quantitative estimate of drug-likeness (QED) is 0.661. The molecule has 1 atom stereocenters. The van der Waals surface area contributed by atoms with Gasteiger partial charge in [0.25, 0.3) is 0 Å². The van der Waals surface area contributed by atoms with Gasteiger partial charge in [-0.15, -0.1) is 0 Å². The number of Topliss-reactive ketones (excluding diaryl/α,β-unsaturated/α-hetero) is 1. The molecule has 0 aliphatic carbocycles. The summed E-state index contributed by atoms with van der Waals surface area (Å²) in [4.78, 5) is 20.1. The molecule has 0 saturated carbocycles. The standard InChI is InChI=1S/C19H15FN2O4/c20-13-3-7-15(8-4-13)26-14-5-1-12(2-6-14)19-21-10-9-16(22-19)18(25)17(24)11-23/h1-10,17,23-24H,11H2/t17-/m0/s1. The number of ether oxygens (including phenoxy) is 1. The van der Waals surface area contributed by atoms with Crippen molar-refractivity contribution in [3.63, 3.8) is 0 Å². The van der Waals surface area contributed by atoms with Crippen molar-refractivity contribution < 1.29 is 24.1 Å². The zero-order chi connectivity index (χ0) is 18.5. The van der Waals surface area contributed by atoms with Crippen LogP contribution in [0, 0.1) is 5.82 Å². The first-order valence-corrected chi connectivity index (χ1v) is 7.77. The molecule has 3 rings (SSSR count). The fourth-order valence-electron chi connectivity index (χ4n) is 2.20. The Morgan fingerprint density at radius 3 is 2.27 bits per heavy atom. The Morgan fingerprint density at radius 1 is 1.04 bits per heavy atom. The molecule has 0 radical (unpaired) electrons. The summed E-state index contributed by atoms with van der Waals surface area (Å²) in [5.41, 5.74) is 0.660. The molecule has 0 spiro atoms. The zero-order valence-electron chi connectivity index (χ0n) is 13.5. The molecule has 132 valence electrons. The van der Waals surface area contributed by atoms with Crippen LogP contribution in [0.1, 0.15) is 10.5 Å². The molecule has 7 heteroatoms. The van der Waals surface area contributed by atoms with Crippen LogP contribution in [-0.2, 0) is 0 Å². The van der Waals surface area contributed by atoms with Crippen molar-refractivity contribution in [3.8, 4) is 22.9 Å². The number of benzene rings is 2. The van der Waals surface area contributed by atoms with E-state index in [0.717, 1.165) is 0 Å². The number of nitrogens with zero attached hydrogens (tertiary/aromatic N) is 2. The van der Waals surface area contributed by atoms with Crippen molar-refractivity contribution in [1.29, 1.82) is 0 Å². The lowest BCUT2D eigenvalue weighted by Crippen LogP contribution is -2.25. The van der Waals surface area contributed by atoms with E-state index in [2.05, 4.69) is 9.97 Å². The molecule has 6 nitrogen and oxygen atoms in total. The average Bonchev–Trinajstić information content (AvgIpc) is 2.69. The van der Waals surface area contributed by atoms with Crippen LogP contribution in [-0.4, -0.2) is 38.7 Å². The first kappa shape index (κ1) is 17.7. The van der Waals surface area contributed by atoms with Crippen LogP contribution >= 0.6 is 0 Å². The van der Waals surface area contributed by atoms with E-state index in [-0.39, 0.29) is 11.5 Å². The van der Waals surface area contributed by atoms with Crippen molar-refractivity contribution in [1.82, 2.24) is 9.97 Å². The monoisotopic (exact) mass is 354 g/mol. The molecule has 26 heavy (non-hydrogen) atoms. The number of carbonyl (C=O) groups excluding carboxylic acids is 1. The maximum atomic E-state index is 12.9. The van der Waals surface area contributed by atoms with Crippen molar-refractivity contribution in [2.45, 2.75) is 6.10 Å². The highest BCUT2D eigenvalue weighted by atomic mass is 19.1. The number of aromatic nitrogens is 2. The third-order valence-corrected chi connectivity index (χ3v) is 3.55. The van der Waals surface area contributed by atoms with Gasteiger partial charge in [0.05, 0.1) is 6.61 Å². The summed E-state index contributed by atoms with van der Waals surface area (Å²) < 4.78 is 18.5. The highest BCUT2D eigenvalue weighted by Crippen LogP contribution is 2.24. The molecule has 1 heterocycles. The summed E-state index contributed by atoms with van der Waals surface area (Å²) in [6.07, 6.45) is -0.105.